The minimum Gasteiger partial charge on any atom is -0.507 e. The van der Waals surface area contributed by atoms with E-state index in [4.69, 9.17) is 16.3 Å². The fourth-order valence-corrected chi connectivity index (χ4v) is 4.95. The summed E-state index contributed by atoms with van der Waals surface area (Å²) in [5, 5.41) is 20.8. The molecule has 158 valence electrons. The van der Waals surface area contributed by atoms with Gasteiger partial charge in [-0.05, 0) is 54.8 Å². The van der Waals surface area contributed by atoms with Crippen LogP contribution in [0, 0.1) is 5.82 Å². The van der Waals surface area contributed by atoms with Crippen molar-refractivity contribution in [3.05, 3.63) is 58.2 Å². The summed E-state index contributed by atoms with van der Waals surface area (Å²) >= 11 is 12.0. The van der Waals surface area contributed by atoms with E-state index in [1.54, 1.807) is 12.1 Å². The molecule has 0 spiro atoms. The molecular formula is C20H16BrClFNO4S2. The number of benzene rings is 2. The van der Waals surface area contributed by atoms with Gasteiger partial charge in [0.25, 0.3) is 0 Å². The molecule has 3 aromatic rings. The summed E-state index contributed by atoms with van der Waals surface area (Å²) in [6, 6.07) is 9.94. The van der Waals surface area contributed by atoms with Gasteiger partial charge in [-0.2, -0.15) is 0 Å². The van der Waals surface area contributed by atoms with E-state index in [-0.39, 0.29) is 23.7 Å². The Hall–Kier alpha value is -1.94. The van der Waals surface area contributed by atoms with Gasteiger partial charge in [0.1, 0.15) is 27.2 Å². The van der Waals surface area contributed by atoms with Crippen molar-refractivity contribution < 1.29 is 24.1 Å². The van der Waals surface area contributed by atoms with Crippen LogP contribution in [-0.2, 0) is 4.74 Å². The van der Waals surface area contributed by atoms with Crippen LogP contribution >= 0.6 is 50.8 Å². The summed E-state index contributed by atoms with van der Waals surface area (Å²) in [7, 11) is 0. The molecule has 0 bridgehead atoms. The third-order valence-corrected chi connectivity index (χ3v) is 6.78. The molecule has 0 fully saturated rings. The Morgan fingerprint density at radius 1 is 1.17 bits per heavy atom. The van der Waals surface area contributed by atoms with Gasteiger partial charge in [-0.3, -0.25) is 0 Å². The van der Waals surface area contributed by atoms with Crippen molar-refractivity contribution in [2.75, 3.05) is 16.7 Å². The Bertz CT molecular complexity index is 1060. The Morgan fingerprint density at radius 3 is 2.70 bits per heavy atom. The Morgan fingerprint density at radius 2 is 1.97 bits per heavy atom. The zero-order valence-corrected chi connectivity index (χ0v) is 19.3. The fourth-order valence-electron chi connectivity index (χ4n) is 2.48. The highest BCUT2D eigenvalue weighted by Gasteiger charge is 2.16. The SMILES string of the molecule is O=C(OCCCBr)c1ccc(NSc2cc(-c3cc(F)ccc3O)c(Cl)s2)cc1O. The molecule has 1 aromatic heterocycles. The average Bonchev–Trinajstić information content (AvgIpc) is 3.08. The maximum absolute atomic E-state index is 13.5. The number of hydrogen-bond acceptors (Lipinski definition) is 7. The molecule has 0 saturated carbocycles. The van der Waals surface area contributed by atoms with Crippen molar-refractivity contribution in [1.29, 1.82) is 0 Å². The zero-order valence-electron chi connectivity index (χ0n) is 15.3. The Labute approximate surface area is 194 Å². The molecule has 2 aromatic carbocycles. The minimum atomic E-state index is -0.586. The number of nitrogens with one attached hydrogen (secondary N) is 1. The number of aromatic hydroxyl groups is 2. The van der Waals surface area contributed by atoms with Crippen LogP contribution in [0.25, 0.3) is 11.1 Å². The lowest BCUT2D eigenvalue weighted by Crippen LogP contribution is -2.07. The van der Waals surface area contributed by atoms with E-state index in [9.17, 15) is 19.4 Å². The van der Waals surface area contributed by atoms with Crippen molar-refractivity contribution in [2.24, 2.45) is 0 Å². The van der Waals surface area contributed by atoms with E-state index in [2.05, 4.69) is 20.7 Å². The third-order valence-electron chi connectivity index (χ3n) is 3.91. The molecule has 0 aliphatic carbocycles. The molecule has 10 heteroatoms. The number of carbonyl (C=O) groups excluding carboxylic acids is 1. The predicted molar refractivity (Wildman–Crippen MR) is 123 cm³/mol. The molecule has 30 heavy (non-hydrogen) atoms. The molecular weight excluding hydrogens is 517 g/mol. The first-order valence-electron chi connectivity index (χ1n) is 8.66. The number of anilines is 1. The van der Waals surface area contributed by atoms with Gasteiger partial charge in [-0.1, -0.05) is 27.5 Å². The first-order valence-corrected chi connectivity index (χ1v) is 11.8. The summed E-state index contributed by atoms with van der Waals surface area (Å²) in [5.41, 5.74) is 1.48. The minimum absolute atomic E-state index is 0.0656. The van der Waals surface area contributed by atoms with Crippen LogP contribution in [0.2, 0.25) is 4.34 Å². The van der Waals surface area contributed by atoms with Gasteiger partial charge < -0.3 is 19.7 Å². The van der Waals surface area contributed by atoms with Crippen molar-refractivity contribution in [3.63, 3.8) is 0 Å². The van der Waals surface area contributed by atoms with E-state index < -0.39 is 11.8 Å². The van der Waals surface area contributed by atoms with Crippen LogP contribution in [-0.4, -0.2) is 28.1 Å². The van der Waals surface area contributed by atoms with Gasteiger partial charge >= 0.3 is 5.97 Å². The molecule has 0 aliphatic rings. The first-order chi connectivity index (χ1) is 14.4. The summed E-state index contributed by atoms with van der Waals surface area (Å²) < 4.78 is 22.8. The summed E-state index contributed by atoms with van der Waals surface area (Å²) in [6.07, 6.45) is 0.682. The van der Waals surface area contributed by atoms with Crippen LogP contribution in [0.15, 0.2) is 46.7 Å². The van der Waals surface area contributed by atoms with Gasteiger partial charge in [0.05, 0.1) is 10.8 Å². The van der Waals surface area contributed by atoms with Gasteiger partial charge in [0.15, 0.2) is 0 Å². The molecule has 3 N–H and O–H groups in total. The lowest BCUT2D eigenvalue weighted by molar-refractivity contribution is 0.0503. The van der Waals surface area contributed by atoms with Crippen molar-refractivity contribution in [1.82, 2.24) is 0 Å². The van der Waals surface area contributed by atoms with Crippen LogP contribution < -0.4 is 4.72 Å². The van der Waals surface area contributed by atoms with Crippen LogP contribution in [0.5, 0.6) is 11.5 Å². The summed E-state index contributed by atoms with van der Waals surface area (Å²) in [6.45, 7) is 0.266. The van der Waals surface area contributed by atoms with E-state index in [1.807, 2.05) is 0 Å². The van der Waals surface area contributed by atoms with Gasteiger partial charge in [-0.25, -0.2) is 9.18 Å². The van der Waals surface area contributed by atoms with Gasteiger partial charge in [0.2, 0.25) is 0 Å². The third kappa shape index (κ3) is 5.60. The highest BCUT2D eigenvalue weighted by atomic mass is 79.9. The first kappa shape index (κ1) is 22.7. The predicted octanol–water partition coefficient (Wildman–Crippen LogP) is 6.68. The number of halogens is 3. The molecule has 0 amide bonds. The second kappa shape index (κ2) is 10.4. The number of phenolic OH excluding ortho intramolecular Hbond substituents is 2. The normalized spacial score (nSPS) is 10.8. The number of rotatable bonds is 8. The van der Waals surface area contributed by atoms with E-state index in [0.29, 0.717) is 27.6 Å². The average molecular weight is 533 g/mol. The number of ether oxygens (including phenoxy) is 1. The molecule has 0 unspecified atom stereocenters. The van der Waals surface area contributed by atoms with Crippen LogP contribution in [0.4, 0.5) is 10.1 Å². The zero-order chi connectivity index (χ0) is 21.7. The quantitative estimate of drug-likeness (QED) is 0.130. The van der Waals surface area contributed by atoms with Gasteiger partial charge in [-0.15, -0.1) is 11.3 Å². The second-order valence-corrected chi connectivity index (χ2v) is 9.58. The largest absolute Gasteiger partial charge is 0.507 e. The second-order valence-electron chi connectivity index (χ2n) is 6.03. The summed E-state index contributed by atoms with van der Waals surface area (Å²) in [4.78, 5) is 12.0. The number of esters is 1. The Kier molecular flexibility index (Phi) is 7.87. The van der Waals surface area contributed by atoms with E-state index >= 15 is 0 Å². The topological polar surface area (TPSA) is 78.8 Å². The molecule has 0 radical (unpaired) electrons. The molecule has 5 nitrogen and oxygen atoms in total. The fraction of sp³-hybridized carbons (Fsp3) is 0.150. The summed E-state index contributed by atoms with van der Waals surface area (Å²) in [5.74, 6) is -1.32. The standard InChI is InChI=1S/C20H16BrClFNO4S2/c21-6-1-7-28-20(27)13-4-3-12(9-17(13)26)24-30-18-10-15(19(22)29-18)14-8-11(23)2-5-16(14)25/h2-5,8-10,24-26H,1,6-7H2. The lowest BCUT2D eigenvalue weighted by Gasteiger charge is -2.08. The number of hydrogen-bond donors (Lipinski definition) is 3. The van der Waals surface area contributed by atoms with Crippen LogP contribution in [0.3, 0.4) is 0 Å². The molecule has 3 rings (SSSR count). The van der Waals surface area contributed by atoms with Crippen molar-refractivity contribution >= 4 is 62.5 Å². The monoisotopic (exact) mass is 531 g/mol. The molecule has 0 atom stereocenters. The van der Waals surface area contributed by atoms with Gasteiger partial charge in [0, 0.05) is 28.2 Å². The molecule has 0 saturated heterocycles. The maximum Gasteiger partial charge on any atom is 0.341 e. The highest BCUT2D eigenvalue weighted by molar-refractivity contribution is 9.09. The highest BCUT2D eigenvalue weighted by Crippen LogP contribution is 2.43. The Balaban J connectivity index is 1.68. The van der Waals surface area contributed by atoms with Crippen molar-refractivity contribution in [3.8, 4) is 22.6 Å². The molecule has 1 heterocycles. The van der Waals surface area contributed by atoms with Crippen molar-refractivity contribution in [2.45, 2.75) is 10.6 Å². The number of carbonyl (C=O) groups is 1. The smallest absolute Gasteiger partial charge is 0.341 e. The maximum atomic E-state index is 13.5. The number of alkyl halides is 1. The van der Waals surface area contributed by atoms with Crippen LogP contribution in [0.1, 0.15) is 16.8 Å². The van der Waals surface area contributed by atoms with E-state index in [0.717, 1.165) is 9.54 Å². The van der Waals surface area contributed by atoms with E-state index in [1.165, 1.54) is 53.6 Å². The lowest BCUT2D eigenvalue weighted by atomic mass is 10.1. The number of phenols is 2. The molecule has 0 aliphatic heterocycles. The number of thiophene rings is 1.